The number of epoxide rings is 1. The number of aliphatic hydroxyl groups is 1. The highest BCUT2D eigenvalue weighted by atomic mass is 35.5. The second kappa shape index (κ2) is 18.7. The molecule has 5 rings (SSSR count). The van der Waals surface area contributed by atoms with Gasteiger partial charge in [-0.1, -0.05) is 48.7 Å². The number of nitrogens with zero attached hydrogens (tertiary/aromatic N) is 3. The van der Waals surface area contributed by atoms with Gasteiger partial charge >= 0.3 is 12.1 Å². The fourth-order valence-electron chi connectivity index (χ4n) is 7.77. The number of methoxy groups -OCH3 is 2. The molecule has 4 aliphatic rings. The lowest BCUT2D eigenvalue weighted by Crippen LogP contribution is -2.63. The molecule has 7 unspecified atom stereocenters. The van der Waals surface area contributed by atoms with Crippen LogP contribution in [0.3, 0.4) is 0 Å². The predicted molar refractivity (Wildman–Crippen MR) is 215 cm³/mol. The summed E-state index contributed by atoms with van der Waals surface area (Å²) in [5, 5.41) is 14.5. The van der Waals surface area contributed by atoms with E-state index in [4.69, 9.17) is 35.3 Å². The highest BCUT2D eigenvalue weighted by molar-refractivity contribution is 6.35. The number of anilines is 1. The van der Waals surface area contributed by atoms with Gasteiger partial charge < -0.3 is 38.6 Å². The molecule has 1 aromatic carbocycles. The topological polar surface area (TPSA) is 194 Å². The average molecular weight is 843 g/mol. The van der Waals surface area contributed by atoms with Crippen LogP contribution in [0.25, 0.3) is 0 Å². The Kier molecular flexibility index (Phi) is 14.3. The lowest BCUT2D eigenvalue weighted by Gasteiger charge is -2.42. The molecule has 0 aromatic heterocycles. The van der Waals surface area contributed by atoms with Gasteiger partial charge in [-0.2, -0.15) is 0 Å². The quantitative estimate of drug-likeness (QED) is 0.141. The molecule has 0 aliphatic carbocycles. The lowest BCUT2D eigenvalue weighted by molar-refractivity contribution is -0.162. The maximum absolute atomic E-state index is 14.2. The van der Waals surface area contributed by atoms with E-state index in [1.807, 2.05) is 13.0 Å². The zero-order chi connectivity index (χ0) is 43.4. The van der Waals surface area contributed by atoms with Gasteiger partial charge in [-0.25, -0.2) is 9.59 Å². The molecule has 1 aromatic rings. The van der Waals surface area contributed by atoms with Crippen LogP contribution in [-0.4, -0.2) is 127 Å². The molecule has 2 saturated heterocycles. The lowest BCUT2D eigenvalue weighted by atomic mass is 9.83. The van der Waals surface area contributed by atoms with E-state index in [0.29, 0.717) is 37.1 Å². The van der Waals surface area contributed by atoms with Crippen LogP contribution in [0.1, 0.15) is 71.8 Å². The minimum absolute atomic E-state index is 0.0761. The number of hydrogen-bond donors (Lipinski definition) is 2. The summed E-state index contributed by atoms with van der Waals surface area (Å²) in [5.41, 5.74) is -1.05. The number of carbonyl (C=O) groups is 6. The third-order valence-corrected chi connectivity index (χ3v) is 12.1. The third-order valence-electron chi connectivity index (χ3n) is 11.7. The van der Waals surface area contributed by atoms with Gasteiger partial charge in [-0.05, 0) is 57.7 Å². The normalized spacial score (nSPS) is 29.0. The van der Waals surface area contributed by atoms with Crippen molar-refractivity contribution in [2.45, 2.75) is 114 Å². The summed E-state index contributed by atoms with van der Waals surface area (Å²) >= 11 is 6.77. The zero-order valence-corrected chi connectivity index (χ0v) is 35.6. The smallest absolute Gasteiger partial charge is 0.409 e. The molecule has 0 saturated carbocycles. The number of benzene rings is 1. The Labute approximate surface area is 349 Å². The maximum atomic E-state index is 14.2. The molecular weight excluding hydrogens is 788 g/mol. The predicted octanol–water partition coefficient (Wildman–Crippen LogP) is 4.00. The number of unbranched alkanes of at least 4 members (excludes halogenated alkanes) is 2. The van der Waals surface area contributed by atoms with Gasteiger partial charge in [-0.15, -0.1) is 0 Å². The van der Waals surface area contributed by atoms with E-state index >= 15 is 0 Å². The highest BCUT2D eigenvalue weighted by Crippen LogP contribution is 2.49. The summed E-state index contributed by atoms with van der Waals surface area (Å²) in [5.74, 6) is -2.49. The van der Waals surface area contributed by atoms with Crippen LogP contribution in [0.4, 0.5) is 10.5 Å². The monoisotopic (exact) mass is 842 g/mol. The fourth-order valence-corrected chi connectivity index (χ4v) is 8.08. The number of rotatable bonds is 11. The number of halogens is 1. The first kappa shape index (κ1) is 45.3. The Bertz CT molecular complexity index is 1900. The number of carbonyl (C=O) groups excluding carboxylic acids is 6. The van der Waals surface area contributed by atoms with Gasteiger partial charge in [0.1, 0.15) is 40.7 Å². The van der Waals surface area contributed by atoms with Gasteiger partial charge in [-0.3, -0.25) is 29.4 Å². The van der Waals surface area contributed by atoms with Gasteiger partial charge in [0.15, 0.2) is 5.72 Å². The van der Waals surface area contributed by atoms with E-state index < -0.39 is 65.7 Å². The summed E-state index contributed by atoms with van der Waals surface area (Å²) in [6.07, 6.45) is 4.78. The SMILES string of the molecule is COc1cc2cc(c1Cl)N(C)C(=O)CC(OC(=O)[C@H](C)N(C)C(=O)CCCCCN1C(=O)C=CC1=O)C1(C)OC1C(C)C1CC(O)(NC(=O)O1)C(OC)C=CC=C(C)C2. The number of likely N-dealkylation sites (N-methyl/N-ethyl adjacent to an activating group) is 1. The molecule has 4 aliphatic heterocycles. The largest absolute Gasteiger partial charge is 0.495 e. The molecule has 17 heteroatoms. The van der Waals surface area contributed by atoms with Gasteiger partial charge in [0.05, 0.1) is 25.3 Å². The van der Waals surface area contributed by atoms with Crippen molar-refractivity contribution in [3.05, 3.63) is 58.7 Å². The number of fused-ring (bicyclic) bond motifs is 5. The van der Waals surface area contributed by atoms with Crippen molar-refractivity contribution in [2.75, 3.05) is 39.8 Å². The number of imide groups is 1. The second-order valence-corrected chi connectivity index (χ2v) is 16.3. The number of alkyl carbamates (subject to hydrolysis) is 1. The van der Waals surface area contributed by atoms with E-state index in [0.717, 1.165) is 16.0 Å². The molecule has 322 valence electrons. The first-order chi connectivity index (χ1) is 27.8. The molecule has 0 radical (unpaired) electrons. The second-order valence-electron chi connectivity index (χ2n) is 15.9. The summed E-state index contributed by atoms with van der Waals surface area (Å²) in [6.45, 7) is 7.16. The number of hydrogen-bond acceptors (Lipinski definition) is 12. The number of allylic oxidation sites excluding steroid dienone is 3. The van der Waals surface area contributed by atoms with Crippen LogP contribution in [0.5, 0.6) is 5.75 Å². The molecule has 8 atom stereocenters. The molecule has 4 bridgehead atoms. The molecule has 16 nitrogen and oxygen atoms in total. The Hall–Kier alpha value is -4.77. The van der Waals surface area contributed by atoms with Crippen LogP contribution in [0.15, 0.2) is 48.1 Å². The van der Waals surface area contributed by atoms with E-state index in [9.17, 15) is 33.9 Å². The Morgan fingerprint density at radius 1 is 1.12 bits per heavy atom. The van der Waals surface area contributed by atoms with Crippen molar-refractivity contribution < 1.29 is 57.6 Å². The zero-order valence-electron chi connectivity index (χ0n) is 34.8. The van der Waals surface area contributed by atoms with E-state index in [1.165, 1.54) is 50.1 Å². The highest BCUT2D eigenvalue weighted by Gasteiger charge is 2.64. The fraction of sp³-hybridized carbons (Fsp3) is 0.571. The molecule has 5 amide bonds. The van der Waals surface area contributed by atoms with Crippen LogP contribution in [0, 0.1) is 5.92 Å². The van der Waals surface area contributed by atoms with Crippen molar-refractivity contribution in [3.63, 3.8) is 0 Å². The van der Waals surface area contributed by atoms with Gasteiger partial charge in [0, 0.05) is 58.7 Å². The number of nitrogens with one attached hydrogen (secondary N) is 1. The Morgan fingerprint density at radius 3 is 2.47 bits per heavy atom. The average Bonchev–Trinajstić information content (AvgIpc) is 3.79. The molecule has 4 heterocycles. The summed E-state index contributed by atoms with van der Waals surface area (Å²) < 4.78 is 29.3. The summed E-state index contributed by atoms with van der Waals surface area (Å²) in [4.78, 5) is 81.6. The third kappa shape index (κ3) is 10.2. The van der Waals surface area contributed by atoms with Crippen LogP contribution in [0.2, 0.25) is 5.02 Å². The first-order valence-corrected chi connectivity index (χ1v) is 20.1. The van der Waals surface area contributed by atoms with Crippen molar-refractivity contribution in [3.8, 4) is 5.75 Å². The van der Waals surface area contributed by atoms with Crippen molar-refractivity contribution in [1.29, 1.82) is 0 Å². The van der Waals surface area contributed by atoms with Crippen molar-refractivity contribution >= 4 is 53.0 Å². The van der Waals surface area contributed by atoms with Crippen LogP contribution < -0.4 is 15.0 Å². The summed E-state index contributed by atoms with van der Waals surface area (Å²) in [6, 6.07) is 2.50. The van der Waals surface area contributed by atoms with E-state index in [2.05, 4.69) is 5.32 Å². The standard InChI is InChI=1S/C42H55ClN4O12/c1-24-13-12-14-31(56-8)42(54)23-30(57-40(53)44-42)25(2)38-41(4,59-38)32(22-36(51)46(6)28-20-27(19-24)21-29(55-7)37(28)43)58-39(52)26(3)45(5)33(48)15-10-9-11-18-47-34(49)16-17-35(47)50/h12-14,16-17,20-21,25-26,30-32,38,54H,9-11,15,18-19,22-23H2,1-8H3,(H,44,53)/t25?,26-,30?,31?,32?,38?,41?,42?/m0/s1. The minimum Gasteiger partial charge on any atom is -0.495 e. The van der Waals surface area contributed by atoms with E-state index in [-0.39, 0.29) is 48.6 Å². The van der Waals surface area contributed by atoms with Gasteiger partial charge in [0.25, 0.3) is 11.8 Å². The minimum atomic E-state index is -1.85. The number of ether oxygens (including phenoxy) is 5. The van der Waals surface area contributed by atoms with E-state index in [1.54, 1.807) is 45.2 Å². The molecule has 0 spiro atoms. The van der Waals surface area contributed by atoms with Gasteiger partial charge in [0.2, 0.25) is 11.8 Å². The molecule has 2 fully saturated rings. The van der Waals surface area contributed by atoms with Crippen molar-refractivity contribution in [1.82, 2.24) is 15.1 Å². The number of esters is 1. The van der Waals surface area contributed by atoms with Crippen molar-refractivity contribution in [2.24, 2.45) is 5.92 Å². The van der Waals surface area contributed by atoms with Crippen LogP contribution >= 0.6 is 11.6 Å². The van der Waals surface area contributed by atoms with Crippen LogP contribution in [-0.2, 0) is 49.3 Å². The summed E-state index contributed by atoms with van der Waals surface area (Å²) in [7, 11) is 5.94. The molecule has 2 N–H and O–H groups in total. The number of amides is 5. The Morgan fingerprint density at radius 2 is 1.81 bits per heavy atom. The Balaban J connectivity index is 1.39. The maximum Gasteiger partial charge on any atom is 0.409 e. The first-order valence-electron chi connectivity index (χ1n) is 19.7. The molecular formula is C42H55ClN4O12. The molecule has 59 heavy (non-hydrogen) atoms.